The van der Waals surface area contributed by atoms with Gasteiger partial charge in [-0.15, -0.1) is 0 Å². The lowest BCUT2D eigenvalue weighted by Gasteiger charge is -2.41. The first-order valence-corrected chi connectivity index (χ1v) is 24.0. The van der Waals surface area contributed by atoms with Crippen LogP contribution in [-0.2, 0) is 55.9 Å². The number of carbonyl (C=O) groups excluding carboxylic acids is 6. The van der Waals surface area contributed by atoms with E-state index in [9.17, 15) is 28.8 Å². The summed E-state index contributed by atoms with van der Waals surface area (Å²) in [5.74, 6) is -2.63. The number of hydrogen-bond donors (Lipinski definition) is 2. The number of methoxy groups -OCH3 is 3. The number of rotatable bonds is 24. The van der Waals surface area contributed by atoms with Gasteiger partial charge in [0.2, 0.25) is 23.6 Å². The highest BCUT2D eigenvalue weighted by Crippen LogP contribution is 2.30. The Balaban J connectivity index is 1.76. The molecule has 0 spiro atoms. The summed E-state index contributed by atoms with van der Waals surface area (Å²) in [4.78, 5) is 87.3. The summed E-state index contributed by atoms with van der Waals surface area (Å²) < 4.78 is 27.6. The van der Waals surface area contributed by atoms with Gasteiger partial charge in [-0.05, 0) is 81.7 Å². The first-order chi connectivity index (χ1) is 32.0. The highest BCUT2D eigenvalue weighted by atomic mass is 16.7. The lowest BCUT2D eigenvalue weighted by atomic mass is 9.89. The second-order valence-corrected chi connectivity index (χ2v) is 19.9. The van der Waals surface area contributed by atoms with E-state index >= 15 is 0 Å². The lowest BCUT2D eigenvalue weighted by Crippen LogP contribution is -2.60. The highest BCUT2D eigenvalue weighted by Gasteiger charge is 2.44. The first-order valence-electron chi connectivity index (χ1n) is 24.0. The molecule has 0 radical (unpaired) electrons. The Kier molecular flexibility index (Phi) is 22.4. The minimum Gasteiger partial charge on any atom is -0.467 e. The third-order valence-corrected chi connectivity index (χ3v) is 12.9. The number of nitrogens with one attached hydrogen (secondary N) is 2. The molecule has 0 saturated carbocycles. The quantitative estimate of drug-likeness (QED) is 0.0872. The summed E-state index contributed by atoms with van der Waals surface area (Å²) in [6.45, 7) is 19.6. The topological polar surface area (TPSA) is 182 Å². The van der Waals surface area contributed by atoms with Crippen molar-refractivity contribution in [2.75, 3.05) is 42.0 Å². The molecule has 2 aromatic rings. The van der Waals surface area contributed by atoms with Gasteiger partial charge in [0.1, 0.15) is 23.4 Å². The van der Waals surface area contributed by atoms with Gasteiger partial charge < -0.3 is 44.1 Å². The molecular weight excluding hydrogens is 871 g/mol. The normalized spacial score (nSPS) is 17.6. The molecule has 1 saturated heterocycles. The molecule has 9 atom stereocenters. The van der Waals surface area contributed by atoms with Gasteiger partial charge in [0.05, 0.1) is 49.8 Å². The summed E-state index contributed by atoms with van der Waals surface area (Å²) in [7, 11) is 7.90. The van der Waals surface area contributed by atoms with E-state index in [1.54, 1.807) is 56.7 Å². The van der Waals surface area contributed by atoms with Gasteiger partial charge in [0.25, 0.3) is 0 Å². The molecule has 2 aromatic carbocycles. The maximum atomic E-state index is 14.7. The van der Waals surface area contributed by atoms with Crippen molar-refractivity contribution in [3.63, 3.8) is 0 Å². The molecule has 3 rings (SSSR count). The minimum atomic E-state index is -0.914. The zero-order chi connectivity index (χ0) is 51.0. The zero-order valence-corrected chi connectivity index (χ0v) is 43.3. The first kappa shape index (κ1) is 57.3. The Morgan fingerprint density at radius 1 is 0.809 bits per heavy atom. The molecule has 16 heteroatoms. The van der Waals surface area contributed by atoms with Crippen LogP contribution in [0.25, 0.3) is 0 Å². The predicted octanol–water partition coefficient (Wildman–Crippen LogP) is 6.42. The average Bonchev–Trinajstić information content (AvgIpc) is 3.77. The van der Waals surface area contributed by atoms with Crippen molar-refractivity contribution in [3.8, 4) is 5.75 Å². The molecule has 1 fully saturated rings. The molecule has 2 N–H and O–H groups in total. The van der Waals surface area contributed by atoms with Crippen LogP contribution in [0, 0.1) is 23.7 Å². The van der Waals surface area contributed by atoms with Gasteiger partial charge in [-0.25, -0.2) is 9.59 Å². The van der Waals surface area contributed by atoms with Crippen LogP contribution in [0.2, 0.25) is 0 Å². The van der Waals surface area contributed by atoms with E-state index in [0.717, 1.165) is 11.1 Å². The van der Waals surface area contributed by atoms with E-state index < -0.39 is 72.0 Å². The van der Waals surface area contributed by atoms with Crippen molar-refractivity contribution in [1.82, 2.24) is 25.3 Å². The standard InChI is InChI=1S/C52H81N5O11/c1-16-34(6)45(41(64-13)30-42(58)57-28-20-23-40(57)46(65-14)35(7)47(59)53-39(50(62)66-15)29-36-21-18-17-19-22-36)56(12)49(61)43(32(2)3)54-48(60)44(33(4)5)55(11)31-37-24-26-38(27-25-37)67-51(63)68-52(8,9)10/h17-19,21-22,24-27,32-35,39-41,43-46H,16,20,23,28-31H2,1-15H3,(H,53,59)(H,54,60)/t34-,35+,39-,40-,41+,43-,44-,45-,46+/m0/s1. The number of carbonyl (C=O) groups is 6. The Morgan fingerprint density at radius 3 is 1.97 bits per heavy atom. The molecule has 0 aliphatic carbocycles. The third kappa shape index (κ3) is 16.3. The fourth-order valence-electron chi connectivity index (χ4n) is 9.19. The fourth-order valence-corrected chi connectivity index (χ4v) is 9.19. The van der Waals surface area contributed by atoms with Crippen LogP contribution >= 0.6 is 0 Å². The zero-order valence-electron chi connectivity index (χ0n) is 43.3. The van der Waals surface area contributed by atoms with Gasteiger partial charge >= 0.3 is 12.1 Å². The Labute approximate surface area is 405 Å². The van der Waals surface area contributed by atoms with Crippen molar-refractivity contribution < 1.29 is 52.5 Å². The Hall–Kier alpha value is -5.06. The van der Waals surface area contributed by atoms with Crippen molar-refractivity contribution in [1.29, 1.82) is 0 Å². The van der Waals surface area contributed by atoms with Crippen molar-refractivity contribution in [2.45, 2.75) is 156 Å². The van der Waals surface area contributed by atoms with E-state index in [0.29, 0.717) is 38.1 Å². The number of benzene rings is 2. The van der Waals surface area contributed by atoms with Crippen LogP contribution in [-0.4, -0.2) is 140 Å². The fraction of sp³-hybridized carbons (Fsp3) is 0.654. The number of likely N-dealkylation sites (N-methyl/N-ethyl adjacent to an activating group) is 2. The van der Waals surface area contributed by atoms with Gasteiger partial charge in [-0.1, -0.05) is 97.4 Å². The van der Waals surface area contributed by atoms with Crippen LogP contribution in [0.4, 0.5) is 4.79 Å². The number of nitrogens with zero attached hydrogens (tertiary/aromatic N) is 3. The smallest absolute Gasteiger partial charge is 0.467 e. The van der Waals surface area contributed by atoms with E-state index in [1.807, 2.05) is 96.0 Å². The van der Waals surface area contributed by atoms with Gasteiger partial charge in [0.15, 0.2) is 0 Å². The summed E-state index contributed by atoms with van der Waals surface area (Å²) >= 11 is 0. The Morgan fingerprint density at radius 2 is 1.44 bits per heavy atom. The summed E-state index contributed by atoms with van der Waals surface area (Å²) in [5, 5.41) is 5.96. The number of ether oxygens (including phenoxy) is 5. The number of amides is 4. The van der Waals surface area contributed by atoms with Crippen LogP contribution < -0.4 is 15.4 Å². The SMILES string of the molecule is CC[C@H](C)[C@@H]([C@@H](CC(=O)N1CCC[C@H]1[C@H](OC)[C@@H](C)C(=O)N[C@@H](Cc1ccccc1)C(=O)OC)OC)N(C)C(=O)[C@@H](NC(=O)[C@H](C(C)C)N(C)Cc1ccc(OC(=O)OC(C)(C)C)cc1)C(C)C. The lowest BCUT2D eigenvalue weighted by molar-refractivity contribution is -0.149. The van der Waals surface area contributed by atoms with Gasteiger partial charge in [-0.2, -0.15) is 0 Å². The molecular formula is C52H81N5O11. The van der Waals surface area contributed by atoms with Crippen LogP contribution in [0.3, 0.4) is 0 Å². The average molecular weight is 952 g/mol. The molecule has 0 unspecified atom stereocenters. The Bertz CT molecular complexity index is 1940. The molecule has 1 heterocycles. The van der Waals surface area contributed by atoms with E-state index in [1.165, 1.54) is 21.3 Å². The second kappa shape index (κ2) is 26.6. The molecule has 1 aliphatic rings. The minimum absolute atomic E-state index is 0.0365. The largest absolute Gasteiger partial charge is 0.514 e. The van der Waals surface area contributed by atoms with Crippen molar-refractivity contribution in [3.05, 3.63) is 65.7 Å². The number of hydrogen-bond acceptors (Lipinski definition) is 12. The predicted molar refractivity (Wildman–Crippen MR) is 260 cm³/mol. The van der Waals surface area contributed by atoms with Crippen LogP contribution in [0.5, 0.6) is 5.75 Å². The maximum Gasteiger partial charge on any atom is 0.514 e. The second-order valence-electron chi connectivity index (χ2n) is 19.9. The van der Waals surface area contributed by atoms with E-state index in [2.05, 4.69) is 10.6 Å². The maximum absolute atomic E-state index is 14.7. The third-order valence-electron chi connectivity index (χ3n) is 12.9. The van der Waals surface area contributed by atoms with E-state index in [-0.39, 0.29) is 48.3 Å². The van der Waals surface area contributed by atoms with Crippen LogP contribution in [0.15, 0.2) is 54.6 Å². The molecule has 0 aromatic heterocycles. The number of likely N-dealkylation sites (tertiary alicyclic amines) is 1. The van der Waals surface area contributed by atoms with Crippen molar-refractivity contribution >= 4 is 35.8 Å². The highest BCUT2D eigenvalue weighted by molar-refractivity contribution is 5.90. The van der Waals surface area contributed by atoms with E-state index in [4.69, 9.17) is 23.7 Å². The van der Waals surface area contributed by atoms with Gasteiger partial charge in [-0.3, -0.25) is 24.1 Å². The molecule has 1 aliphatic heterocycles. The summed E-state index contributed by atoms with van der Waals surface area (Å²) in [6, 6.07) is 13.0. The molecule has 0 bridgehead atoms. The monoisotopic (exact) mass is 952 g/mol. The van der Waals surface area contributed by atoms with Crippen LogP contribution in [0.1, 0.15) is 106 Å². The summed E-state index contributed by atoms with van der Waals surface area (Å²) in [5.41, 5.74) is 1.06. The molecule has 16 nitrogen and oxygen atoms in total. The van der Waals surface area contributed by atoms with Crippen molar-refractivity contribution in [2.24, 2.45) is 23.7 Å². The summed E-state index contributed by atoms with van der Waals surface area (Å²) in [6.07, 6.45) is 0.0307. The number of esters is 1. The molecule has 4 amide bonds. The molecule has 68 heavy (non-hydrogen) atoms. The van der Waals surface area contributed by atoms with Gasteiger partial charge in [0, 0.05) is 40.8 Å². The molecule has 380 valence electrons.